The molecule has 20 heavy (non-hydrogen) atoms. The molecule has 0 amide bonds. The van der Waals surface area contributed by atoms with Gasteiger partial charge in [-0.25, -0.2) is 0 Å². The molecule has 1 aliphatic heterocycles. The lowest BCUT2D eigenvalue weighted by molar-refractivity contribution is 0.129. The van der Waals surface area contributed by atoms with E-state index < -0.39 is 0 Å². The molecule has 1 unspecified atom stereocenters. The summed E-state index contributed by atoms with van der Waals surface area (Å²) >= 11 is 0. The summed E-state index contributed by atoms with van der Waals surface area (Å²) in [6.07, 6.45) is 1.15. The molecule has 0 aromatic heterocycles. The number of aryl methyl sites for hydroxylation is 2. The maximum atomic E-state index is 9.99. The van der Waals surface area contributed by atoms with Crippen molar-refractivity contribution in [1.82, 2.24) is 10.2 Å². The van der Waals surface area contributed by atoms with Crippen LogP contribution in [0.4, 0.5) is 0 Å². The summed E-state index contributed by atoms with van der Waals surface area (Å²) in [7, 11) is 0. The van der Waals surface area contributed by atoms with Gasteiger partial charge in [-0.15, -0.1) is 0 Å². The Labute approximate surface area is 123 Å². The van der Waals surface area contributed by atoms with Gasteiger partial charge in [0.1, 0.15) is 0 Å². The normalized spacial score (nSPS) is 18.9. The zero-order valence-corrected chi connectivity index (χ0v) is 13.3. The fourth-order valence-corrected chi connectivity index (χ4v) is 3.31. The quantitative estimate of drug-likeness (QED) is 0.889. The molecule has 1 saturated heterocycles. The van der Waals surface area contributed by atoms with Crippen LogP contribution < -0.4 is 5.32 Å². The highest BCUT2D eigenvalue weighted by molar-refractivity contribution is 5.45. The molecule has 0 bridgehead atoms. The number of hydrogen-bond acceptors (Lipinski definition) is 3. The highest BCUT2D eigenvalue weighted by atomic mass is 16.3. The highest BCUT2D eigenvalue weighted by Crippen LogP contribution is 2.31. The minimum atomic E-state index is 0.133. The molecule has 1 aliphatic rings. The Bertz CT molecular complexity index is 436. The van der Waals surface area contributed by atoms with Crippen molar-refractivity contribution in [3.05, 3.63) is 33.9 Å². The van der Waals surface area contributed by atoms with Crippen molar-refractivity contribution >= 4 is 0 Å². The summed E-state index contributed by atoms with van der Waals surface area (Å²) in [6.45, 7) is 13.1. The molecular weight excluding hydrogens is 248 g/mol. The molecule has 1 aromatic rings. The summed E-state index contributed by atoms with van der Waals surface area (Å²) in [5, 5.41) is 13.4. The second-order valence-electron chi connectivity index (χ2n) is 6.01. The number of aliphatic hydroxyl groups excluding tert-OH is 1. The molecule has 1 fully saturated rings. The summed E-state index contributed by atoms with van der Waals surface area (Å²) in [5.74, 6) is 0. The molecule has 2 rings (SSSR count). The Morgan fingerprint density at radius 3 is 2.35 bits per heavy atom. The van der Waals surface area contributed by atoms with Crippen LogP contribution in [0.5, 0.6) is 0 Å². The first kappa shape index (κ1) is 15.5. The van der Waals surface area contributed by atoms with Crippen LogP contribution in [0.3, 0.4) is 0 Å². The Morgan fingerprint density at radius 1 is 1.10 bits per heavy atom. The number of nitrogens with zero attached hydrogens (tertiary/aromatic N) is 1. The van der Waals surface area contributed by atoms with Gasteiger partial charge in [0.2, 0.25) is 0 Å². The zero-order valence-electron chi connectivity index (χ0n) is 13.3. The lowest BCUT2D eigenvalue weighted by Crippen LogP contribution is -2.35. The van der Waals surface area contributed by atoms with Crippen molar-refractivity contribution in [3.63, 3.8) is 0 Å². The van der Waals surface area contributed by atoms with Gasteiger partial charge in [-0.3, -0.25) is 4.90 Å². The first-order valence-corrected chi connectivity index (χ1v) is 7.69. The van der Waals surface area contributed by atoms with E-state index in [-0.39, 0.29) is 12.6 Å². The monoisotopic (exact) mass is 276 g/mol. The minimum absolute atomic E-state index is 0.133. The van der Waals surface area contributed by atoms with Crippen LogP contribution in [-0.2, 0) is 0 Å². The van der Waals surface area contributed by atoms with Crippen molar-refractivity contribution in [3.8, 4) is 0 Å². The van der Waals surface area contributed by atoms with Crippen LogP contribution >= 0.6 is 0 Å². The van der Waals surface area contributed by atoms with Crippen molar-refractivity contribution in [1.29, 1.82) is 0 Å². The average molecular weight is 276 g/mol. The highest BCUT2D eigenvalue weighted by Gasteiger charge is 2.24. The molecule has 0 spiro atoms. The Morgan fingerprint density at radius 2 is 1.75 bits per heavy atom. The van der Waals surface area contributed by atoms with E-state index in [2.05, 4.69) is 44.0 Å². The predicted octanol–water partition coefficient (Wildman–Crippen LogP) is 2.25. The van der Waals surface area contributed by atoms with E-state index in [1.807, 2.05) is 0 Å². The Hall–Kier alpha value is -0.900. The molecule has 0 aliphatic carbocycles. The zero-order chi connectivity index (χ0) is 14.7. The molecule has 0 radical (unpaired) electrons. The predicted molar refractivity (Wildman–Crippen MR) is 84.3 cm³/mol. The molecule has 3 nitrogen and oxygen atoms in total. The molecule has 1 aromatic carbocycles. The van der Waals surface area contributed by atoms with Gasteiger partial charge in [0.05, 0.1) is 12.6 Å². The molecule has 1 atom stereocenters. The first-order chi connectivity index (χ1) is 9.56. The fraction of sp³-hybridized carbons (Fsp3) is 0.647. The van der Waals surface area contributed by atoms with E-state index in [4.69, 9.17) is 0 Å². The number of benzene rings is 1. The molecular formula is C17H28N2O. The van der Waals surface area contributed by atoms with Gasteiger partial charge in [-0.2, -0.15) is 0 Å². The van der Waals surface area contributed by atoms with E-state index in [1.54, 1.807) is 0 Å². The van der Waals surface area contributed by atoms with Gasteiger partial charge in [0.25, 0.3) is 0 Å². The fourth-order valence-electron chi connectivity index (χ4n) is 3.31. The average Bonchev–Trinajstić information content (AvgIpc) is 2.70. The maximum absolute atomic E-state index is 9.99. The summed E-state index contributed by atoms with van der Waals surface area (Å²) in [6, 6.07) is 2.39. The third-order valence-corrected chi connectivity index (χ3v) is 4.75. The first-order valence-electron chi connectivity index (χ1n) is 7.69. The van der Waals surface area contributed by atoms with E-state index >= 15 is 0 Å². The minimum Gasteiger partial charge on any atom is -0.394 e. The second-order valence-corrected chi connectivity index (χ2v) is 6.01. The maximum Gasteiger partial charge on any atom is 0.0628 e. The SMILES string of the molecule is Cc1cc(C)c(C)c(C(CO)N2CCCNCC2)c1C. The standard InChI is InChI=1S/C17H28N2O/c1-12-10-13(2)15(4)17(14(12)3)16(11-20)19-8-5-6-18-7-9-19/h10,16,18,20H,5-9,11H2,1-4H3. The van der Waals surface area contributed by atoms with Gasteiger partial charge in [0.15, 0.2) is 0 Å². The lowest BCUT2D eigenvalue weighted by Gasteiger charge is -2.32. The second kappa shape index (κ2) is 6.70. The number of aliphatic hydroxyl groups is 1. The van der Waals surface area contributed by atoms with Crippen LogP contribution in [0.2, 0.25) is 0 Å². The van der Waals surface area contributed by atoms with Crippen LogP contribution in [-0.4, -0.2) is 42.8 Å². The Kier molecular flexibility index (Phi) is 5.19. The Balaban J connectivity index is 2.40. The van der Waals surface area contributed by atoms with Gasteiger partial charge in [0, 0.05) is 19.6 Å². The molecule has 3 heteroatoms. The number of nitrogens with one attached hydrogen (secondary N) is 1. The third kappa shape index (κ3) is 3.05. The van der Waals surface area contributed by atoms with Crippen molar-refractivity contribution in [2.75, 3.05) is 32.8 Å². The van der Waals surface area contributed by atoms with Crippen LogP contribution in [0.25, 0.3) is 0 Å². The van der Waals surface area contributed by atoms with E-state index in [9.17, 15) is 5.11 Å². The summed E-state index contributed by atoms with van der Waals surface area (Å²) in [4.78, 5) is 2.44. The number of rotatable bonds is 3. The lowest BCUT2D eigenvalue weighted by atomic mass is 9.89. The third-order valence-electron chi connectivity index (χ3n) is 4.75. The van der Waals surface area contributed by atoms with Gasteiger partial charge >= 0.3 is 0 Å². The van der Waals surface area contributed by atoms with Crippen LogP contribution in [0.15, 0.2) is 6.07 Å². The topological polar surface area (TPSA) is 35.5 Å². The van der Waals surface area contributed by atoms with Crippen LogP contribution in [0.1, 0.15) is 40.3 Å². The van der Waals surface area contributed by atoms with Crippen molar-refractivity contribution in [2.45, 2.75) is 40.2 Å². The van der Waals surface area contributed by atoms with E-state index in [0.717, 1.165) is 32.6 Å². The van der Waals surface area contributed by atoms with E-state index in [1.165, 1.54) is 27.8 Å². The summed E-state index contributed by atoms with van der Waals surface area (Å²) in [5.41, 5.74) is 6.67. The van der Waals surface area contributed by atoms with Crippen molar-refractivity contribution in [2.24, 2.45) is 0 Å². The van der Waals surface area contributed by atoms with Gasteiger partial charge in [-0.05, 0) is 68.5 Å². The molecule has 2 N–H and O–H groups in total. The largest absolute Gasteiger partial charge is 0.394 e. The van der Waals surface area contributed by atoms with Crippen LogP contribution in [0, 0.1) is 27.7 Å². The molecule has 0 saturated carbocycles. The van der Waals surface area contributed by atoms with Gasteiger partial charge < -0.3 is 10.4 Å². The van der Waals surface area contributed by atoms with Crippen molar-refractivity contribution < 1.29 is 5.11 Å². The molecule has 112 valence electrons. The van der Waals surface area contributed by atoms with Gasteiger partial charge in [-0.1, -0.05) is 6.07 Å². The van der Waals surface area contributed by atoms with E-state index in [0.29, 0.717) is 0 Å². The molecule has 1 heterocycles. The summed E-state index contributed by atoms with van der Waals surface area (Å²) < 4.78 is 0. The smallest absolute Gasteiger partial charge is 0.0628 e. The number of hydrogen-bond donors (Lipinski definition) is 2.